The highest BCUT2D eigenvalue weighted by molar-refractivity contribution is 6.01. The minimum Gasteiger partial charge on any atom is -0.457 e. The molecule has 3 rings (SSSR count). The van der Waals surface area contributed by atoms with Gasteiger partial charge in [0.1, 0.15) is 11.4 Å². The molecule has 0 unspecified atom stereocenters. The average Bonchev–Trinajstić information content (AvgIpc) is 2.79. The molecule has 2 aromatic carbocycles. The van der Waals surface area contributed by atoms with Gasteiger partial charge in [-0.25, -0.2) is 4.79 Å². The second-order valence-corrected chi connectivity index (χ2v) is 7.44. The molecule has 1 heterocycles. The van der Waals surface area contributed by atoms with Gasteiger partial charge < -0.3 is 10.5 Å². The summed E-state index contributed by atoms with van der Waals surface area (Å²) < 4.78 is 45.1. The van der Waals surface area contributed by atoms with Gasteiger partial charge in [-0.15, -0.1) is 0 Å². The molecule has 0 radical (unpaired) electrons. The summed E-state index contributed by atoms with van der Waals surface area (Å²) in [5.41, 5.74) is 3.57. The van der Waals surface area contributed by atoms with E-state index in [0.29, 0.717) is 5.56 Å². The Kier molecular flexibility index (Phi) is 7.04. The SMILES string of the molecule is Cn1c(=O)c(C(=O)COC(=O)Cc2cccc(C(F)(F)F)c2)c(N)n(Cc2ccccc2)c1=O. The van der Waals surface area contributed by atoms with Crippen molar-refractivity contribution >= 4 is 17.6 Å². The van der Waals surface area contributed by atoms with Crippen LogP contribution in [0.1, 0.15) is 27.0 Å². The summed E-state index contributed by atoms with van der Waals surface area (Å²) in [4.78, 5) is 49.8. The van der Waals surface area contributed by atoms with Crippen LogP contribution in [-0.4, -0.2) is 27.5 Å². The van der Waals surface area contributed by atoms with E-state index in [2.05, 4.69) is 0 Å². The Morgan fingerprint density at radius 2 is 1.65 bits per heavy atom. The van der Waals surface area contributed by atoms with Crippen LogP contribution in [0.5, 0.6) is 0 Å². The van der Waals surface area contributed by atoms with Crippen molar-refractivity contribution in [3.8, 4) is 0 Å². The van der Waals surface area contributed by atoms with E-state index in [1.165, 1.54) is 13.1 Å². The molecule has 0 saturated carbocycles. The minimum absolute atomic E-state index is 0.00472. The van der Waals surface area contributed by atoms with Gasteiger partial charge in [-0.05, 0) is 17.2 Å². The predicted molar refractivity (Wildman–Crippen MR) is 116 cm³/mol. The molecule has 0 bridgehead atoms. The van der Waals surface area contributed by atoms with Gasteiger partial charge in [0.05, 0.1) is 18.5 Å². The first kappa shape index (κ1) is 24.5. The molecule has 8 nitrogen and oxygen atoms in total. The van der Waals surface area contributed by atoms with Crippen molar-refractivity contribution < 1.29 is 27.5 Å². The van der Waals surface area contributed by atoms with Gasteiger partial charge in [-0.1, -0.05) is 48.5 Å². The second kappa shape index (κ2) is 9.77. The number of anilines is 1. The van der Waals surface area contributed by atoms with Crippen LogP contribution in [0.4, 0.5) is 19.0 Å². The number of carbonyl (C=O) groups excluding carboxylic acids is 2. The summed E-state index contributed by atoms with van der Waals surface area (Å²) in [5, 5.41) is 0. The van der Waals surface area contributed by atoms with Crippen LogP contribution in [-0.2, 0) is 35.7 Å². The number of hydrogen-bond acceptors (Lipinski definition) is 6. The Hall–Kier alpha value is -4.15. The average molecular weight is 475 g/mol. The van der Waals surface area contributed by atoms with E-state index in [4.69, 9.17) is 10.5 Å². The zero-order valence-corrected chi connectivity index (χ0v) is 18.0. The number of ketones is 1. The molecule has 0 aliphatic rings. The molecule has 2 N–H and O–H groups in total. The van der Waals surface area contributed by atoms with Crippen LogP contribution >= 0.6 is 0 Å². The Bertz CT molecular complexity index is 1340. The molecule has 0 aliphatic heterocycles. The molecule has 1 aromatic heterocycles. The molecule has 0 atom stereocenters. The zero-order chi connectivity index (χ0) is 25.0. The Balaban J connectivity index is 1.78. The normalized spacial score (nSPS) is 11.3. The highest BCUT2D eigenvalue weighted by Crippen LogP contribution is 2.29. The summed E-state index contributed by atoms with van der Waals surface area (Å²) >= 11 is 0. The largest absolute Gasteiger partial charge is 0.457 e. The van der Waals surface area contributed by atoms with Crippen LogP contribution in [0, 0.1) is 0 Å². The van der Waals surface area contributed by atoms with E-state index in [0.717, 1.165) is 27.3 Å². The second-order valence-electron chi connectivity index (χ2n) is 7.44. The molecule has 34 heavy (non-hydrogen) atoms. The summed E-state index contributed by atoms with van der Waals surface area (Å²) in [5.74, 6) is -2.30. The quantitative estimate of drug-likeness (QED) is 0.414. The fourth-order valence-electron chi connectivity index (χ4n) is 3.26. The maximum Gasteiger partial charge on any atom is 0.416 e. The molecule has 11 heteroatoms. The van der Waals surface area contributed by atoms with E-state index in [1.54, 1.807) is 30.3 Å². The number of aromatic nitrogens is 2. The fourth-order valence-corrected chi connectivity index (χ4v) is 3.26. The number of nitrogen functional groups attached to an aromatic ring is 1. The molecule has 178 valence electrons. The van der Waals surface area contributed by atoms with Crippen molar-refractivity contribution in [2.75, 3.05) is 12.3 Å². The first-order valence-corrected chi connectivity index (χ1v) is 9.97. The maximum atomic E-state index is 12.8. The van der Waals surface area contributed by atoms with Gasteiger partial charge in [0.2, 0.25) is 5.78 Å². The van der Waals surface area contributed by atoms with E-state index >= 15 is 0 Å². The number of nitrogens with two attached hydrogens (primary N) is 1. The number of esters is 1. The Labute approximate surface area is 191 Å². The topological polar surface area (TPSA) is 113 Å². The summed E-state index contributed by atoms with van der Waals surface area (Å²) in [6.45, 7) is -0.879. The maximum absolute atomic E-state index is 12.8. The summed E-state index contributed by atoms with van der Waals surface area (Å²) in [7, 11) is 1.18. The van der Waals surface area contributed by atoms with Crippen molar-refractivity contribution in [2.24, 2.45) is 7.05 Å². The standard InChI is InChI=1S/C23H20F3N3O5/c1-28-21(32)19(20(27)29(22(28)33)12-14-6-3-2-4-7-14)17(30)13-34-18(31)11-15-8-5-9-16(10-15)23(24,25)26/h2-10H,11-13,27H2,1H3. The summed E-state index contributed by atoms with van der Waals surface area (Å²) in [6.07, 6.45) is -5.09. The lowest BCUT2D eigenvalue weighted by molar-refractivity contribution is -0.142. The third-order valence-corrected chi connectivity index (χ3v) is 5.01. The van der Waals surface area contributed by atoms with Gasteiger partial charge in [0, 0.05) is 7.05 Å². The smallest absolute Gasteiger partial charge is 0.416 e. The number of Topliss-reactive ketones (excluding diaryl/α,β-unsaturated/α-hetero) is 1. The molecular weight excluding hydrogens is 455 g/mol. The first-order chi connectivity index (χ1) is 16.0. The monoisotopic (exact) mass is 475 g/mol. The van der Waals surface area contributed by atoms with Gasteiger partial charge in [0.25, 0.3) is 5.56 Å². The van der Waals surface area contributed by atoms with Crippen LogP contribution in [0.3, 0.4) is 0 Å². The van der Waals surface area contributed by atoms with Gasteiger partial charge in [-0.2, -0.15) is 13.2 Å². The highest BCUT2D eigenvalue weighted by Gasteiger charge is 2.30. The fraction of sp³-hybridized carbons (Fsp3) is 0.217. The van der Waals surface area contributed by atoms with Crippen molar-refractivity contribution in [2.45, 2.75) is 19.1 Å². The molecule has 0 saturated heterocycles. The Morgan fingerprint density at radius 3 is 2.29 bits per heavy atom. The molecule has 3 aromatic rings. The van der Waals surface area contributed by atoms with E-state index < -0.39 is 53.3 Å². The lowest BCUT2D eigenvalue weighted by Crippen LogP contribution is -2.43. The van der Waals surface area contributed by atoms with E-state index in [-0.39, 0.29) is 17.9 Å². The van der Waals surface area contributed by atoms with E-state index in [9.17, 15) is 32.3 Å². The van der Waals surface area contributed by atoms with Gasteiger partial charge in [0.15, 0.2) is 6.61 Å². The van der Waals surface area contributed by atoms with Crippen molar-refractivity contribution in [1.29, 1.82) is 0 Å². The number of nitrogens with zero attached hydrogens (tertiary/aromatic N) is 2. The number of alkyl halides is 3. The highest BCUT2D eigenvalue weighted by atomic mass is 19.4. The van der Waals surface area contributed by atoms with Crippen molar-refractivity contribution in [3.05, 3.63) is 97.7 Å². The molecule has 0 aliphatic carbocycles. The number of rotatable bonds is 7. The van der Waals surface area contributed by atoms with Crippen LogP contribution < -0.4 is 17.0 Å². The van der Waals surface area contributed by atoms with Crippen LogP contribution in [0.15, 0.2) is 64.2 Å². The summed E-state index contributed by atoms with van der Waals surface area (Å²) in [6, 6.07) is 12.9. The molecule has 0 amide bonds. The molecule has 0 spiro atoms. The Morgan fingerprint density at radius 1 is 1.00 bits per heavy atom. The van der Waals surface area contributed by atoms with Gasteiger partial charge in [-0.3, -0.25) is 23.5 Å². The van der Waals surface area contributed by atoms with Crippen LogP contribution in [0.2, 0.25) is 0 Å². The third kappa shape index (κ3) is 5.42. The zero-order valence-electron chi connectivity index (χ0n) is 18.0. The van der Waals surface area contributed by atoms with E-state index in [1.807, 2.05) is 0 Å². The van der Waals surface area contributed by atoms with Gasteiger partial charge >= 0.3 is 17.8 Å². The lowest BCUT2D eigenvalue weighted by Gasteiger charge is -2.15. The number of benzene rings is 2. The number of halogens is 3. The molecule has 0 fully saturated rings. The third-order valence-electron chi connectivity index (χ3n) is 5.01. The number of hydrogen-bond donors (Lipinski definition) is 1. The number of carbonyl (C=O) groups is 2. The van der Waals surface area contributed by atoms with Crippen molar-refractivity contribution in [1.82, 2.24) is 9.13 Å². The lowest BCUT2D eigenvalue weighted by atomic mass is 10.1. The first-order valence-electron chi connectivity index (χ1n) is 9.97. The predicted octanol–water partition coefficient (Wildman–Crippen LogP) is 2.16. The number of ether oxygens (including phenoxy) is 1. The van der Waals surface area contributed by atoms with Crippen molar-refractivity contribution in [3.63, 3.8) is 0 Å². The minimum atomic E-state index is -4.57. The van der Waals surface area contributed by atoms with Crippen LogP contribution in [0.25, 0.3) is 0 Å². The molecular formula is C23H20F3N3O5.